The molecule has 4 heterocycles. The van der Waals surface area contributed by atoms with E-state index in [0.29, 0.717) is 34.7 Å². The number of sulfonamides is 1. The maximum Gasteiger partial charge on any atom is 0.264 e. The molecule has 2 bridgehead atoms. The minimum atomic E-state index is -3.83. The summed E-state index contributed by atoms with van der Waals surface area (Å²) >= 11 is 5.67. The number of thiocarbonyl (C=S) groups is 1. The van der Waals surface area contributed by atoms with Crippen LogP contribution >= 0.6 is 12.2 Å². The quantitative estimate of drug-likeness (QED) is 0.516. The number of pyridine rings is 1. The summed E-state index contributed by atoms with van der Waals surface area (Å²) in [6, 6.07) is 13.6. The van der Waals surface area contributed by atoms with Gasteiger partial charge in [0.2, 0.25) is 5.95 Å². The molecule has 1 aromatic carbocycles. The van der Waals surface area contributed by atoms with Crippen LogP contribution in [0.1, 0.15) is 29.4 Å². The molecule has 2 N–H and O–H groups in total. The fraction of sp³-hybridized carbons (Fsp3) is 0.333. The van der Waals surface area contributed by atoms with Crippen LogP contribution in [0.15, 0.2) is 58.2 Å². The minimum Gasteiger partial charge on any atom is -0.348 e. The molecule has 0 aliphatic carbocycles. The van der Waals surface area contributed by atoms with E-state index in [-0.39, 0.29) is 22.3 Å². The van der Waals surface area contributed by atoms with Gasteiger partial charge in [0.25, 0.3) is 15.6 Å². The lowest BCUT2D eigenvalue weighted by molar-refractivity contribution is 0.180. The summed E-state index contributed by atoms with van der Waals surface area (Å²) in [5.74, 6) is 0.653. The summed E-state index contributed by atoms with van der Waals surface area (Å²) in [7, 11) is -3.83. The van der Waals surface area contributed by atoms with Crippen LogP contribution in [0.3, 0.4) is 0 Å². The molecule has 5 rings (SSSR count). The number of likely N-dealkylation sites (tertiary alicyclic amines) is 1. The van der Waals surface area contributed by atoms with Crippen LogP contribution in [-0.2, 0) is 16.6 Å². The Morgan fingerprint density at radius 3 is 2.46 bits per heavy atom. The number of nitrogens with one attached hydrogen (secondary N) is 2. The first-order valence-electron chi connectivity index (χ1n) is 11.4. The number of hydrogen-bond acceptors (Lipinski definition) is 6. The zero-order valence-corrected chi connectivity index (χ0v) is 21.1. The van der Waals surface area contributed by atoms with Gasteiger partial charge in [-0.2, -0.15) is 0 Å². The number of nitrogens with zero attached hydrogens (tertiary/aromatic N) is 4. The van der Waals surface area contributed by atoms with Gasteiger partial charge in [0.15, 0.2) is 5.11 Å². The van der Waals surface area contributed by atoms with Gasteiger partial charge in [-0.25, -0.2) is 23.1 Å². The highest BCUT2D eigenvalue weighted by atomic mass is 32.2. The van der Waals surface area contributed by atoms with Crippen LogP contribution in [0.4, 0.5) is 11.6 Å². The fourth-order valence-electron chi connectivity index (χ4n) is 4.93. The third kappa shape index (κ3) is 4.92. The van der Waals surface area contributed by atoms with E-state index < -0.39 is 10.0 Å². The van der Waals surface area contributed by atoms with Crippen molar-refractivity contribution in [3.05, 3.63) is 76.0 Å². The van der Waals surface area contributed by atoms with Gasteiger partial charge >= 0.3 is 0 Å². The van der Waals surface area contributed by atoms with E-state index in [1.807, 2.05) is 16.7 Å². The Labute approximate surface area is 209 Å². The predicted molar refractivity (Wildman–Crippen MR) is 138 cm³/mol. The van der Waals surface area contributed by atoms with Gasteiger partial charge in [-0.15, -0.1) is 0 Å². The van der Waals surface area contributed by atoms with E-state index >= 15 is 0 Å². The van der Waals surface area contributed by atoms with Gasteiger partial charge in [-0.1, -0.05) is 6.07 Å². The van der Waals surface area contributed by atoms with Crippen molar-refractivity contribution in [3.8, 4) is 0 Å². The van der Waals surface area contributed by atoms with Crippen LogP contribution in [0.2, 0.25) is 0 Å². The smallest absolute Gasteiger partial charge is 0.264 e. The van der Waals surface area contributed by atoms with Crippen LogP contribution in [0.25, 0.3) is 0 Å². The number of piperidine rings is 1. The number of anilines is 2. The van der Waals surface area contributed by atoms with Crippen LogP contribution in [0, 0.1) is 19.8 Å². The first-order chi connectivity index (χ1) is 16.7. The van der Waals surface area contributed by atoms with Gasteiger partial charge in [0, 0.05) is 54.4 Å². The Kier molecular flexibility index (Phi) is 6.06. The standard InChI is InChI=1S/C24H26N6O3S2/c1-15-10-16(2)26-23(25-15)28-35(32,33)20-8-6-19(7-9-20)27-24(34)29-12-17-11-18(14-29)21-4-3-5-22(31)30(21)13-17/h3-10,17-18H,11-14H2,1-2H3,(H,27,34)(H,25,26,28). The number of rotatable bonds is 4. The second-order valence-electron chi connectivity index (χ2n) is 9.14. The second-order valence-corrected chi connectivity index (χ2v) is 11.2. The van der Waals surface area contributed by atoms with Crippen molar-refractivity contribution in [3.63, 3.8) is 0 Å². The molecule has 0 spiro atoms. The molecule has 1 saturated heterocycles. The van der Waals surface area contributed by atoms with Crippen molar-refractivity contribution < 1.29 is 8.42 Å². The Hall–Kier alpha value is -3.31. The van der Waals surface area contributed by atoms with Crippen molar-refractivity contribution in [1.82, 2.24) is 19.4 Å². The molecule has 1 fully saturated rings. The highest BCUT2D eigenvalue weighted by Crippen LogP contribution is 2.35. The lowest BCUT2D eigenvalue weighted by Crippen LogP contribution is -2.50. The SMILES string of the molecule is Cc1cc(C)nc(NS(=O)(=O)c2ccc(NC(=S)N3CC4CC(C3)c3cccc(=O)n3C4)cc2)n1. The molecule has 2 aliphatic rings. The third-order valence-electron chi connectivity index (χ3n) is 6.39. The highest BCUT2D eigenvalue weighted by Gasteiger charge is 2.35. The van der Waals surface area contributed by atoms with Crippen molar-refractivity contribution in [2.75, 3.05) is 23.1 Å². The molecule has 0 radical (unpaired) electrons. The first-order valence-corrected chi connectivity index (χ1v) is 13.3. The summed E-state index contributed by atoms with van der Waals surface area (Å²) in [6.45, 7) is 5.77. The third-order valence-corrected chi connectivity index (χ3v) is 8.10. The lowest BCUT2D eigenvalue weighted by atomic mass is 9.83. The maximum atomic E-state index is 12.8. The summed E-state index contributed by atoms with van der Waals surface area (Å²) in [5.41, 5.74) is 3.18. The van der Waals surface area contributed by atoms with Crippen LogP contribution in [-0.4, -0.2) is 46.1 Å². The molecule has 3 aromatic rings. The van der Waals surface area contributed by atoms with Crippen molar-refractivity contribution in [2.24, 2.45) is 5.92 Å². The average molecular weight is 511 g/mol. The van der Waals surface area contributed by atoms with E-state index in [0.717, 1.165) is 25.2 Å². The molecule has 0 amide bonds. The first kappa shape index (κ1) is 23.4. The monoisotopic (exact) mass is 510 g/mol. The molecule has 35 heavy (non-hydrogen) atoms. The zero-order chi connectivity index (χ0) is 24.7. The van der Waals surface area contributed by atoms with Gasteiger partial charge in [0.1, 0.15) is 0 Å². The average Bonchev–Trinajstić information content (AvgIpc) is 2.79. The maximum absolute atomic E-state index is 12.8. The van der Waals surface area contributed by atoms with Gasteiger partial charge in [0.05, 0.1) is 4.90 Å². The topological polar surface area (TPSA) is 109 Å². The normalized spacial score (nSPS) is 19.1. The summed E-state index contributed by atoms with van der Waals surface area (Å²) in [5, 5.41) is 3.82. The fourth-order valence-corrected chi connectivity index (χ4v) is 6.14. The summed E-state index contributed by atoms with van der Waals surface area (Å²) < 4.78 is 29.9. The van der Waals surface area contributed by atoms with E-state index in [1.165, 1.54) is 12.1 Å². The molecule has 2 aliphatic heterocycles. The number of fused-ring (bicyclic) bond motifs is 4. The molecule has 9 nitrogen and oxygen atoms in total. The molecule has 182 valence electrons. The molecule has 2 atom stereocenters. The minimum absolute atomic E-state index is 0.0466. The van der Waals surface area contributed by atoms with Crippen molar-refractivity contribution in [2.45, 2.75) is 37.6 Å². The lowest BCUT2D eigenvalue weighted by Gasteiger charge is -2.43. The molecule has 2 aromatic heterocycles. The Balaban J connectivity index is 1.26. The van der Waals surface area contributed by atoms with Crippen molar-refractivity contribution in [1.29, 1.82) is 0 Å². The molecular formula is C24H26N6O3S2. The number of benzene rings is 1. The number of hydrogen-bond donors (Lipinski definition) is 2. The Morgan fingerprint density at radius 1 is 1.03 bits per heavy atom. The van der Waals surface area contributed by atoms with Crippen LogP contribution < -0.4 is 15.6 Å². The summed E-state index contributed by atoms with van der Waals surface area (Å²) in [6.07, 6.45) is 1.05. The van der Waals surface area contributed by atoms with Gasteiger partial charge in [-0.05, 0) is 74.8 Å². The van der Waals surface area contributed by atoms with E-state index in [1.54, 1.807) is 38.1 Å². The molecule has 11 heteroatoms. The molecule has 0 saturated carbocycles. The Bertz CT molecular complexity index is 1430. The van der Waals surface area contributed by atoms with E-state index in [2.05, 4.69) is 24.9 Å². The largest absolute Gasteiger partial charge is 0.348 e. The molecular weight excluding hydrogens is 484 g/mol. The predicted octanol–water partition coefficient (Wildman–Crippen LogP) is 2.87. The Morgan fingerprint density at radius 2 is 1.74 bits per heavy atom. The number of aryl methyl sites for hydroxylation is 2. The number of aromatic nitrogens is 3. The van der Waals surface area contributed by atoms with E-state index in [9.17, 15) is 13.2 Å². The second kappa shape index (κ2) is 9.04. The van der Waals surface area contributed by atoms with Gasteiger partial charge < -0.3 is 14.8 Å². The van der Waals surface area contributed by atoms with Crippen LogP contribution in [0.5, 0.6) is 0 Å². The van der Waals surface area contributed by atoms with E-state index in [4.69, 9.17) is 12.2 Å². The molecule has 2 unspecified atom stereocenters. The zero-order valence-electron chi connectivity index (χ0n) is 19.4. The summed E-state index contributed by atoms with van der Waals surface area (Å²) in [4.78, 5) is 22.8. The highest BCUT2D eigenvalue weighted by molar-refractivity contribution is 7.92. The van der Waals surface area contributed by atoms with Gasteiger partial charge in [-0.3, -0.25) is 4.79 Å². The van der Waals surface area contributed by atoms with Crippen molar-refractivity contribution >= 4 is 39.0 Å².